The van der Waals surface area contributed by atoms with Crippen LogP contribution in [0.25, 0.3) is 0 Å². The number of hydrogen-bond donors (Lipinski definition) is 2. The summed E-state index contributed by atoms with van der Waals surface area (Å²) in [4.78, 5) is 25.1. The average Bonchev–Trinajstić information content (AvgIpc) is 2.71. The first-order chi connectivity index (χ1) is 14.2. The summed E-state index contributed by atoms with van der Waals surface area (Å²) >= 11 is 7.44. The van der Waals surface area contributed by atoms with Gasteiger partial charge >= 0.3 is 0 Å². The van der Waals surface area contributed by atoms with Gasteiger partial charge in [-0.15, -0.1) is 11.8 Å². The lowest BCUT2D eigenvalue weighted by Crippen LogP contribution is -2.28. The van der Waals surface area contributed by atoms with Gasteiger partial charge in [-0.25, -0.2) is 8.42 Å². The molecule has 0 aromatic heterocycles. The van der Waals surface area contributed by atoms with Crippen molar-refractivity contribution in [3.8, 4) is 5.75 Å². The summed E-state index contributed by atoms with van der Waals surface area (Å²) in [5.74, 6) is -0.477. The van der Waals surface area contributed by atoms with Gasteiger partial charge in [0.05, 0.1) is 33.7 Å². The van der Waals surface area contributed by atoms with Gasteiger partial charge in [0, 0.05) is 17.0 Å². The Hall–Kier alpha value is -2.23. The summed E-state index contributed by atoms with van der Waals surface area (Å²) in [6.07, 6.45) is 0.465. The summed E-state index contributed by atoms with van der Waals surface area (Å²) in [6.45, 7) is 1.92. The number of nitrogens with one attached hydrogen (secondary N) is 2. The lowest BCUT2D eigenvalue weighted by atomic mass is 10.2. The number of anilines is 2. The van der Waals surface area contributed by atoms with E-state index in [0.29, 0.717) is 28.6 Å². The van der Waals surface area contributed by atoms with Crippen LogP contribution < -0.4 is 15.4 Å². The van der Waals surface area contributed by atoms with Gasteiger partial charge in [0.2, 0.25) is 11.8 Å². The van der Waals surface area contributed by atoms with E-state index < -0.39 is 15.7 Å². The number of carbonyl (C=O) groups is 2. The molecule has 30 heavy (non-hydrogen) atoms. The number of fused-ring (bicyclic) bond motifs is 1. The Kier molecular flexibility index (Phi) is 6.95. The van der Waals surface area contributed by atoms with E-state index in [4.69, 9.17) is 16.3 Å². The minimum absolute atomic E-state index is 0.0670. The summed E-state index contributed by atoms with van der Waals surface area (Å²) in [6, 6.07) is 9.39. The molecule has 2 aromatic rings. The third-order valence-corrected chi connectivity index (χ3v) is 7.98. The molecular formula is C20H21ClN2O5S2. The second-order valence-electron chi connectivity index (χ2n) is 6.63. The molecule has 1 aliphatic rings. The standard InChI is InChI=1S/C20H21ClN2O5S2/c1-3-17-20(25)23-15-11-13(5-7-18(15)29-17)30(26,27)9-8-19(24)22-12-4-6-16(28-2)14(21)10-12/h4-7,10-11,17H,3,8-9H2,1-2H3,(H,22,24)(H,23,25). The Morgan fingerprint density at radius 3 is 2.70 bits per heavy atom. The minimum atomic E-state index is -3.70. The van der Waals surface area contributed by atoms with Crippen LogP contribution in [0, 0.1) is 0 Å². The number of carbonyl (C=O) groups excluding carboxylic acids is 2. The van der Waals surface area contributed by atoms with Gasteiger partial charge in [-0.1, -0.05) is 18.5 Å². The molecule has 0 bridgehead atoms. The number of methoxy groups -OCH3 is 1. The lowest BCUT2D eigenvalue weighted by Gasteiger charge is -2.23. The largest absolute Gasteiger partial charge is 0.495 e. The Morgan fingerprint density at radius 2 is 2.03 bits per heavy atom. The van der Waals surface area contributed by atoms with Gasteiger partial charge in [-0.05, 0) is 42.8 Å². The van der Waals surface area contributed by atoms with E-state index in [1.165, 1.54) is 37.1 Å². The molecule has 7 nitrogen and oxygen atoms in total. The molecule has 1 unspecified atom stereocenters. The van der Waals surface area contributed by atoms with Crippen molar-refractivity contribution in [2.24, 2.45) is 0 Å². The highest BCUT2D eigenvalue weighted by Gasteiger charge is 2.27. The molecule has 2 aromatic carbocycles. The molecule has 0 fully saturated rings. The SMILES string of the molecule is CCC1Sc2ccc(S(=O)(=O)CCC(=O)Nc3ccc(OC)c(Cl)c3)cc2NC1=O. The van der Waals surface area contributed by atoms with Gasteiger partial charge in [-0.2, -0.15) is 0 Å². The van der Waals surface area contributed by atoms with Crippen molar-refractivity contribution in [2.45, 2.75) is 34.8 Å². The van der Waals surface area contributed by atoms with Gasteiger partial charge < -0.3 is 15.4 Å². The van der Waals surface area contributed by atoms with Crippen molar-refractivity contribution in [2.75, 3.05) is 23.5 Å². The van der Waals surface area contributed by atoms with Crippen LogP contribution in [0.3, 0.4) is 0 Å². The highest BCUT2D eigenvalue weighted by molar-refractivity contribution is 8.01. The Morgan fingerprint density at radius 1 is 1.27 bits per heavy atom. The summed E-state index contributed by atoms with van der Waals surface area (Å²) in [5.41, 5.74) is 0.926. The van der Waals surface area contributed by atoms with Crippen molar-refractivity contribution in [1.29, 1.82) is 0 Å². The van der Waals surface area contributed by atoms with Crippen LogP contribution in [0.1, 0.15) is 19.8 Å². The molecule has 0 radical (unpaired) electrons. The molecule has 0 spiro atoms. The van der Waals surface area contributed by atoms with Gasteiger partial charge in [0.25, 0.3) is 0 Å². The number of sulfone groups is 1. The van der Waals surface area contributed by atoms with Crippen LogP contribution >= 0.6 is 23.4 Å². The third kappa shape index (κ3) is 5.08. The second-order valence-corrected chi connectivity index (χ2v) is 10.4. The molecule has 0 aliphatic carbocycles. The highest BCUT2D eigenvalue weighted by Crippen LogP contribution is 2.38. The zero-order valence-corrected chi connectivity index (χ0v) is 18.8. The first-order valence-corrected chi connectivity index (χ1v) is 12.1. The number of rotatable bonds is 7. The van der Waals surface area contributed by atoms with Gasteiger partial charge in [0.15, 0.2) is 9.84 Å². The van der Waals surface area contributed by atoms with E-state index in [-0.39, 0.29) is 28.2 Å². The predicted molar refractivity (Wildman–Crippen MR) is 118 cm³/mol. The number of thioether (sulfide) groups is 1. The van der Waals surface area contributed by atoms with Crippen LogP contribution in [-0.4, -0.2) is 38.3 Å². The maximum absolute atomic E-state index is 12.7. The molecule has 0 saturated carbocycles. The molecule has 10 heteroatoms. The lowest BCUT2D eigenvalue weighted by molar-refractivity contribution is -0.116. The molecule has 160 valence electrons. The molecule has 2 amide bonds. The first kappa shape index (κ1) is 22.5. The van der Waals surface area contributed by atoms with Crippen LogP contribution in [0.4, 0.5) is 11.4 Å². The highest BCUT2D eigenvalue weighted by atomic mass is 35.5. The fraction of sp³-hybridized carbons (Fsp3) is 0.300. The Labute approximate surface area is 184 Å². The molecule has 1 aliphatic heterocycles. The van der Waals surface area contributed by atoms with E-state index >= 15 is 0 Å². The van der Waals surface area contributed by atoms with Crippen molar-refractivity contribution >= 4 is 56.4 Å². The molecule has 3 rings (SSSR count). The van der Waals surface area contributed by atoms with E-state index in [1.54, 1.807) is 18.2 Å². The summed E-state index contributed by atoms with van der Waals surface area (Å²) < 4.78 is 30.4. The van der Waals surface area contributed by atoms with Crippen molar-refractivity contribution in [3.05, 3.63) is 41.4 Å². The Bertz CT molecular complexity index is 1090. The minimum Gasteiger partial charge on any atom is -0.495 e. The number of hydrogen-bond acceptors (Lipinski definition) is 6. The normalized spacial score (nSPS) is 15.8. The summed E-state index contributed by atoms with van der Waals surface area (Å²) in [7, 11) is -2.22. The van der Waals surface area contributed by atoms with Crippen molar-refractivity contribution in [1.82, 2.24) is 0 Å². The van der Waals surface area contributed by atoms with E-state index in [2.05, 4.69) is 10.6 Å². The average molecular weight is 469 g/mol. The van der Waals surface area contributed by atoms with Crippen LogP contribution in [0.15, 0.2) is 46.2 Å². The van der Waals surface area contributed by atoms with Crippen molar-refractivity contribution in [3.63, 3.8) is 0 Å². The van der Waals surface area contributed by atoms with Gasteiger partial charge in [-0.3, -0.25) is 9.59 Å². The molecule has 1 atom stereocenters. The van der Waals surface area contributed by atoms with Crippen LogP contribution in [0.2, 0.25) is 5.02 Å². The number of ether oxygens (including phenoxy) is 1. The van der Waals surface area contributed by atoms with Crippen LogP contribution in [-0.2, 0) is 19.4 Å². The van der Waals surface area contributed by atoms with E-state index in [1.807, 2.05) is 6.92 Å². The maximum Gasteiger partial charge on any atom is 0.237 e. The third-order valence-electron chi connectivity index (χ3n) is 4.53. The monoisotopic (exact) mass is 468 g/mol. The van der Waals surface area contributed by atoms with E-state index in [0.717, 1.165) is 4.90 Å². The molecule has 2 N–H and O–H groups in total. The number of benzene rings is 2. The maximum atomic E-state index is 12.7. The fourth-order valence-electron chi connectivity index (χ4n) is 2.90. The quantitative estimate of drug-likeness (QED) is 0.637. The topological polar surface area (TPSA) is 102 Å². The summed E-state index contributed by atoms with van der Waals surface area (Å²) in [5, 5.41) is 5.53. The molecular weight excluding hydrogens is 448 g/mol. The smallest absolute Gasteiger partial charge is 0.237 e. The second kappa shape index (κ2) is 9.28. The van der Waals surface area contributed by atoms with Crippen molar-refractivity contribution < 1.29 is 22.7 Å². The molecule has 0 saturated heterocycles. The number of amides is 2. The van der Waals surface area contributed by atoms with Gasteiger partial charge in [0.1, 0.15) is 5.75 Å². The molecule has 1 heterocycles. The zero-order valence-electron chi connectivity index (χ0n) is 16.4. The fourth-order valence-corrected chi connectivity index (χ4v) is 5.45. The zero-order chi connectivity index (χ0) is 21.9. The van der Waals surface area contributed by atoms with E-state index in [9.17, 15) is 18.0 Å². The number of halogens is 1. The van der Waals surface area contributed by atoms with Crippen LogP contribution in [0.5, 0.6) is 5.75 Å². The Balaban J connectivity index is 1.65. The predicted octanol–water partition coefficient (Wildman–Crippen LogP) is 3.97. The first-order valence-electron chi connectivity index (χ1n) is 9.21.